The highest BCUT2D eigenvalue weighted by molar-refractivity contribution is 6.18. The molecule has 0 aromatic carbocycles. The number of hydrogen-bond donors (Lipinski definition) is 1. The van der Waals surface area contributed by atoms with Crippen molar-refractivity contribution in [2.24, 2.45) is 5.92 Å². The van der Waals surface area contributed by atoms with E-state index in [4.69, 9.17) is 9.47 Å². The molecule has 2 rings (SSSR count). The van der Waals surface area contributed by atoms with Crippen molar-refractivity contribution in [1.82, 2.24) is 4.90 Å². The zero-order valence-electron chi connectivity index (χ0n) is 16.4. The van der Waals surface area contributed by atoms with E-state index in [1.54, 1.807) is 0 Å². The third-order valence-corrected chi connectivity index (χ3v) is 4.91. The molecule has 1 heterocycles. The second kappa shape index (κ2) is 12.6. The first-order valence-corrected chi connectivity index (χ1v) is 10.2. The highest BCUT2D eigenvalue weighted by Crippen LogP contribution is 2.18. The molecule has 7 heteroatoms. The summed E-state index contributed by atoms with van der Waals surface area (Å²) in [7, 11) is 0. The Kier molecular flexibility index (Phi) is 10.1. The number of carbonyl (C=O) groups is 3. The summed E-state index contributed by atoms with van der Waals surface area (Å²) in [5, 5.41) is 9.56. The van der Waals surface area contributed by atoms with Gasteiger partial charge in [-0.15, -0.1) is 0 Å². The van der Waals surface area contributed by atoms with Crippen LogP contribution in [0.5, 0.6) is 0 Å². The van der Waals surface area contributed by atoms with Crippen molar-refractivity contribution >= 4 is 17.5 Å². The molecule has 1 N–H and O–H groups in total. The summed E-state index contributed by atoms with van der Waals surface area (Å²) in [6, 6.07) is 0. The van der Waals surface area contributed by atoms with E-state index in [0.717, 1.165) is 32.1 Å². The summed E-state index contributed by atoms with van der Waals surface area (Å²) < 4.78 is 11.1. The Morgan fingerprint density at radius 1 is 0.786 bits per heavy atom. The first-order valence-electron chi connectivity index (χ1n) is 10.2. The summed E-state index contributed by atoms with van der Waals surface area (Å²) in [5.41, 5.74) is 0. The van der Waals surface area contributed by atoms with Crippen molar-refractivity contribution in [3.8, 4) is 0 Å². The molecule has 28 heavy (non-hydrogen) atoms. The molecule has 0 aromatic rings. The van der Waals surface area contributed by atoms with Crippen molar-refractivity contribution in [1.29, 1.82) is 0 Å². The molecule has 1 aliphatic carbocycles. The number of aliphatic hydroxyl groups is 1. The van der Waals surface area contributed by atoms with Gasteiger partial charge in [0.15, 0.2) is 11.6 Å². The second-order valence-electron chi connectivity index (χ2n) is 7.13. The number of carbonyl (C=O) groups excluding carboxylic acids is 3. The average molecular weight is 393 g/mol. The fourth-order valence-electron chi connectivity index (χ4n) is 3.24. The van der Waals surface area contributed by atoms with E-state index < -0.39 is 12.1 Å². The molecule has 1 aliphatic heterocycles. The number of hydrogen-bond acceptors (Lipinski definition) is 6. The molecular weight excluding hydrogens is 362 g/mol. The Labute approximate surface area is 166 Å². The number of aliphatic hydroxyl groups excluding tert-OH is 1. The maximum atomic E-state index is 11.4. The van der Waals surface area contributed by atoms with Gasteiger partial charge in [0.1, 0.15) is 6.23 Å². The van der Waals surface area contributed by atoms with Crippen LogP contribution in [0, 0.1) is 5.92 Å². The minimum atomic E-state index is -0.797. The molecule has 0 spiro atoms. The van der Waals surface area contributed by atoms with Crippen molar-refractivity contribution in [3.05, 3.63) is 24.3 Å². The SMILES string of the molecule is O=C1C=CC(=O)C1CCCCCOCCCCOCCCN1C(=O)C=CC1O. The molecule has 1 unspecified atom stereocenters. The van der Waals surface area contributed by atoms with E-state index in [9.17, 15) is 19.5 Å². The molecule has 1 atom stereocenters. The summed E-state index contributed by atoms with van der Waals surface area (Å²) >= 11 is 0. The predicted molar refractivity (Wildman–Crippen MR) is 103 cm³/mol. The van der Waals surface area contributed by atoms with Gasteiger partial charge < -0.3 is 19.5 Å². The Hall–Kier alpha value is -1.83. The van der Waals surface area contributed by atoms with Crippen molar-refractivity contribution in [3.63, 3.8) is 0 Å². The highest BCUT2D eigenvalue weighted by Gasteiger charge is 2.27. The number of amides is 1. The van der Waals surface area contributed by atoms with Crippen molar-refractivity contribution in [2.75, 3.05) is 33.0 Å². The smallest absolute Gasteiger partial charge is 0.248 e. The van der Waals surface area contributed by atoms with Crippen LogP contribution < -0.4 is 0 Å². The zero-order valence-corrected chi connectivity index (χ0v) is 16.4. The van der Waals surface area contributed by atoms with E-state index in [0.29, 0.717) is 45.8 Å². The number of ether oxygens (including phenoxy) is 2. The minimum absolute atomic E-state index is 0.0531. The maximum Gasteiger partial charge on any atom is 0.248 e. The van der Waals surface area contributed by atoms with Crippen molar-refractivity contribution in [2.45, 2.75) is 51.2 Å². The lowest BCUT2D eigenvalue weighted by molar-refractivity contribution is -0.131. The summed E-state index contributed by atoms with van der Waals surface area (Å²) in [6.07, 6.45) is 10.8. The average Bonchev–Trinajstić information content (AvgIpc) is 3.17. The van der Waals surface area contributed by atoms with Gasteiger partial charge in [-0.2, -0.15) is 0 Å². The summed E-state index contributed by atoms with van der Waals surface area (Å²) in [5.74, 6) is -0.689. The number of rotatable bonds is 15. The van der Waals surface area contributed by atoms with Gasteiger partial charge in [-0.05, 0) is 50.3 Å². The number of allylic oxidation sites excluding steroid dienone is 2. The van der Waals surface area contributed by atoms with E-state index in [-0.39, 0.29) is 17.5 Å². The largest absolute Gasteiger partial charge is 0.381 e. The van der Waals surface area contributed by atoms with Gasteiger partial charge in [-0.3, -0.25) is 14.4 Å². The first-order chi connectivity index (χ1) is 13.6. The molecule has 0 radical (unpaired) electrons. The lowest BCUT2D eigenvalue weighted by atomic mass is 9.97. The van der Waals surface area contributed by atoms with Gasteiger partial charge in [0.05, 0.1) is 5.92 Å². The molecule has 1 amide bonds. The predicted octanol–water partition coefficient (Wildman–Crippen LogP) is 1.79. The van der Waals surface area contributed by atoms with E-state index in [2.05, 4.69) is 0 Å². The minimum Gasteiger partial charge on any atom is -0.381 e. The molecule has 0 aromatic heterocycles. The fraction of sp³-hybridized carbons (Fsp3) is 0.667. The van der Waals surface area contributed by atoms with Gasteiger partial charge >= 0.3 is 0 Å². The van der Waals surface area contributed by atoms with E-state index in [1.807, 2.05) is 0 Å². The van der Waals surface area contributed by atoms with Crippen LogP contribution >= 0.6 is 0 Å². The Bertz CT molecular complexity index is 567. The zero-order chi connectivity index (χ0) is 20.2. The van der Waals surface area contributed by atoms with Crippen LogP contribution in [0.4, 0.5) is 0 Å². The van der Waals surface area contributed by atoms with Gasteiger partial charge in [-0.1, -0.05) is 12.8 Å². The molecule has 0 saturated heterocycles. The van der Waals surface area contributed by atoms with E-state index in [1.165, 1.54) is 29.2 Å². The monoisotopic (exact) mass is 393 g/mol. The quantitative estimate of drug-likeness (QED) is 0.337. The van der Waals surface area contributed by atoms with Gasteiger partial charge in [0.2, 0.25) is 5.91 Å². The molecule has 0 fully saturated rings. The first kappa shape index (κ1) is 22.5. The Morgan fingerprint density at radius 2 is 1.36 bits per heavy atom. The lowest BCUT2D eigenvalue weighted by Gasteiger charge is -2.20. The fourth-order valence-corrected chi connectivity index (χ4v) is 3.24. The van der Waals surface area contributed by atoms with Crippen LogP contribution in [0.25, 0.3) is 0 Å². The number of ketones is 2. The Morgan fingerprint density at radius 3 is 1.93 bits per heavy atom. The third kappa shape index (κ3) is 7.66. The van der Waals surface area contributed by atoms with Crippen LogP contribution in [-0.2, 0) is 23.9 Å². The van der Waals surface area contributed by atoms with Gasteiger partial charge in [0.25, 0.3) is 0 Å². The number of nitrogens with zero attached hydrogens (tertiary/aromatic N) is 1. The summed E-state index contributed by atoms with van der Waals surface area (Å²) in [6.45, 7) is 3.13. The van der Waals surface area contributed by atoms with Gasteiger partial charge in [0, 0.05) is 39.0 Å². The van der Waals surface area contributed by atoms with Crippen LogP contribution in [0.1, 0.15) is 44.9 Å². The standard InChI is InChI=1S/C21H31NO6/c23-18-8-9-19(24)17(18)7-2-1-3-13-27-14-4-5-15-28-16-6-12-22-20(25)10-11-21(22)26/h8-11,17,20,25H,1-7,12-16H2. The maximum absolute atomic E-state index is 11.4. The number of unbranched alkanes of at least 4 members (excludes halogenated alkanes) is 3. The highest BCUT2D eigenvalue weighted by atomic mass is 16.5. The normalized spacial score (nSPS) is 19.5. The molecule has 2 aliphatic rings. The molecule has 0 bridgehead atoms. The lowest BCUT2D eigenvalue weighted by Crippen LogP contribution is -2.34. The Balaban J connectivity index is 1.30. The van der Waals surface area contributed by atoms with Crippen molar-refractivity contribution < 1.29 is 29.0 Å². The molecule has 156 valence electrons. The van der Waals surface area contributed by atoms with E-state index >= 15 is 0 Å². The molecule has 0 saturated carbocycles. The molecule has 7 nitrogen and oxygen atoms in total. The van der Waals surface area contributed by atoms with Crippen LogP contribution in [-0.4, -0.2) is 66.7 Å². The molecular formula is C21H31NO6. The van der Waals surface area contributed by atoms with Gasteiger partial charge in [-0.25, -0.2) is 0 Å². The second-order valence-corrected chi connectivity index (χ2v) is 7.13. The third-order valence-electron chi connectivity index (χ3n) is 4.91. The summed E-state index contributed by atoms with van der Waals surface area (Å²) in [4.78, 5) is 35.7. The topological polar surface area (TPSA) is 93.1 Å². The van der Waals surface area contributed by atoms with Crippen LogP contribution in [0.3, 0.4) is 0 Å². The van der Waals surface area contributed by atoms with Crippen LogP contribution in [0.2, 0.25) is 0 Å². The van der Waals surface area contributed by atoms with Crippen LogP contribution in [0.15, 0.2) is 24.3 Å².